The van der Waals surface area contributed by atoms with E-state index in [2.05, 4.69) is 10.6 Å². The number of rotatable bonds is 6. The summed E-state index contributed by atoms with van der Waals surface area (Å²) in [7, 11) is 0. The van der Waals surface area contributed by atoms with E-state index in [0.717, 1.165) is 12.8 Å². The van der Waals surface area contributed by atoms with E-state index in [4.69, 9.17) is 11.6 Å². The van der Waals surface area contributed by atoms with Gasteiger partial charge in [-0.3, -0.25) is 4.79 Å². The number of carbonyl (C=O) groups excluding carboxylic acids is 1. The van der Waals surface area contributed by atoms with Crippen molar-refractivity contribution in [1.29, 1.82) is 0 Å². The van der Waals surface area contributed by atoms with Crippen LogP contribution in [0.15, 0.2) is 18.2 Å². The number of hydrogen-bond donors (Lipinski definition) is 2. The second-order valence-corrected chi connectivity index (χ2v) is 4.89. The average Bonchev–Trinajstić information content (AvgIpc) is 2.39. The maximum atomic E-state index is 13.6. The minimum Gasteiger partial charge on any atom is -0.370 e. The molecule has 0 saturated carbocycles. The third-order valence-corrected chi connectivity index (χ3v) is 3.36. The smallest absolute Gasteiger partial charge is 0.242 e. The molecule has 1 aromatic rings. The van der Waals surface area contributed by atoms with Gasteiger partial charge in [-0.1, -0.05) is 31.5 Å². The van der Waals surface area contributed by atoms with Crippen LogP contribution in [0.4, 0.5) is 10.1 Å². The zero-order chi connectivity index (χ0) is 14.4. The Morgan fingerprint density at radius 1 is 1.37 bits per heavy atom. The van der Waals surface area contributed by atoms with Gasteiger partial charge in [-0.15, -0.1) is 0 Å². The van der Waals surface area contributed by atoms with Gasteiger partial charge in [0.1, 0.15) is 11.9 Å². The van der Waals surface area contributed by atoms with Crippen LogP contribution in [0.3, 0.4) is 0 Å². The molecule has 0 aromatic heterocycles. The number of para-hydroxylation sites is 1. The Balaban J connectivity index is 2.69. The van der Waals surface area contributed by atoms with Gasteiger partial charge < -0.3 is 10.6 Å². The second kappa shape index (κ2) is 7.34. The van der Waals surface area contributed by atoms with Crippen molar-refractivity contribution in [2.75, 3.05) is 5.32 Å². The van der Waals surface area contributed by atoms with Gasteiger partial charge in [0.15, 0.2) is 0 Å². The number of carbonyl (C=O) groups is 1. The molecule has 0 fully saturated rings. The lowest BCUT2D eigenvalue weighted by Crippen LogP contribution is -2.43. The number of nitrogens with one attached hydrogen (secondary N) is 2. The largest absolute Gasteiger partial charge is 0.370 e. The van der Waals surface area contributed by atoms with Crippen LogP contribution in [-0.4, -0.2) is 18.0 Å². The minimum absolute atomic E-state index is 0.146. The SMILES string of the molecule is CCC(CC)NC(=O)C(C)Nc1c(F)cccc1Cl. The van der Waals surface area contributed by atoms with Crippen molar-refractivity contribution in [2.45, 2.75) is 45.7 Å². The van der Waals surface area contributed by atoms with E-state index in [1.54, 1.807) is 13.0 Å². The molecule has 0 aliphatic heterocycles. The van der Waals surface area contributed by atoms with Gasteiger partial charge in [0.05, 0.1) is 10.7 Å². The van der Waals surface area contributed by atoms with Crippen molar-refractivity contribution in [3.63, 3.8) is 0 Å². The molecular formula is C14H20ClFN2O. The molecule has 0 bridgehead atoms. The molecular weight excluding hydrogens is 267 g/mol. The first-order chi connectivity index (χ1) is 8.99. The van der Waals surface area contributed by atoms with E-state index in [1.165, 1.54) is 12.1 Å². The highest BCUT2D eigenvalue weighted by atomic mass is 35.5. The van der Waals surface area contributed by atoms with Crippen LogP contribution in [0.1, 0.15) is 33.6 Å². The van der Waals surface area contributed by atoms with Crippen molar-refractivity contribution in [1.82, 2.24) is 5.32 Å². The molecule has 0 heterocycles. The Bertz CT molecular complexity index is 415. The summed E-state index contributed by atoms with van der Waals surface area (Å²) in [5.74, 6) is -0.622. The monoisotopic (exact) mass is 286 g/mol. The number of halogens is 2. The molecule has 2 N–H and O–H groups in total. The first kappa shape index (κ1) is 15.8. The third-order valence-electron chi connectivity index (χ3n) is 3.05. The Labute approximate surface area is 118 Å². The Morgan fingerprint density at radius 2 is 2.00 bits per heavy atom. The summed E-state index contributed by atoms with van der Waals surface area (Å²) in [6.07, 6.45) is 1.74. The summed E-state index contributed by atoms with van der Waals surface area (Å²) in [5.41, 5.74) is 0.163. The first-order valence-corrected chi connectivity index (χ1v) is 6.88. The summed E-state index contributed by atoms with van der Waals surface area (Å²) in [6, 6.07) is 4.01. The highest BCUT2D eigenvalue weighted by Gasteiger charge is 2.18. The lowest BCUT2D eigenvalue weighted by atomic mass is 10.1. The fourth-order valence-electron chi connectivity index (χ4n) is 1.74. The Kier molecular flexibility index (Phi) is 6.09. The maximum absolute atomic E-state index is 13.6. The molecule has 0 spiro atoms. The molecule has 1 unspecified atom stereocenters. The Morgan fingerprint density at radius 3 is 2.53 bits per heavy atom. The standard InChI is InChI=1S/C14H20ClFN2O/c1-4-10(5-2)18-14(19)9(3)17-13-11(15)7-6-8-12(13)16/h6-10,17H,4-5H2,1-3H3,(H,18,19). The molecule has 19 heavy (non-hydrogen) atoms. The van der Waals surface area contributed by atoms with E-state index in [0.29, 0.717) is 0 Å². The lowest BCUT2D eigenvalue weighted by molar-refractivity contribution is -0.122. The van der Waals surface area contributed by atoms with E-state index in [-0.39, 0.29) is 22.7 Å². The zero-order valence-electron chi connectivity index (χ0n) is 11.5. The highest BCUT2D eigenvalue weighted by molar-refractivity contribution is 6.33. The summed E-state index contributed by atoms with van der Waals surface area (Å²) < 4.78 is 13.6. The van der Waals surface area contributed by atoms with Gasteiger partial charge in [0.2, 0.25) is 5.91 Å². The second-order valence-electron chi connectivity index (χ2n) is 4.48. The molecule has 0 aliphatic rings. The van der Waals surface area contributed by atoms with Crippen LogP contribution in [0.2, 0.25) is 5.02 Å². The maximum Gasteiger partial charge on any atom is 0.242 e. The van der Waals surface area contributed by atoms with Crippen molar-refractivity contribution in [3.8, 4) is 0 Å². The van der Waals surface area contributed by atoms with Gasteiger partial charge >= 0.3 is 0 Å². The summed E-state index contributed by atoms with van der Waals surface area (Å²) >= 11 is 5.90. The predicted molar refractivity (Wildman–Crippen MR) is 77.0 cm³/mol. The Hall–Kier alpha value is -1.29. The van der Waals surface area contributed by atoms with Crippen LogP contribution in [-0.2, 0) is 4.79 Å². The van der Waals surface area contributed by atoms with Crippen LogP contribution in [0.5, 0.6) is 0 Å². The number of hydrogen-bond acceptors (Lipinski definition) is 2. The van der Waals surface area contributed by atoms with Gasteiger partial charge in [-0.25, -0.2) is 4.39 Å². The fraction of sp³-hybridized carbons (Fsp3) is 0.500. The van der Waals surface area contributed by atoms with Crippen LogP contribution in [0.25, 0.3) is 0 Å². The molecule has 0 radical (unpaired) electrons. The molecule has 1 amide bonds. The number of amides is 1. The molecule has 0 saturated heterocycles. The molecule has 1 atom stereocenters. The first-order valence-electron chi connectivity index (χ1n) is 6.50. The van der Waals surface area contributed by atoms with Gasteiger partial charge in [-0.2, -0.15) is 0 Å². The predicted octanol–water partition coefficient (Wildman–Crippen LogP) is 3.58. The molecule has 3 nitrogen and oxygen atoms in total. The van der Waals surface area contributed by atoms with Gasteiger partial charge in [0, 0.05) is 6.04 Å². The summed E-state index contributed by atoms with van der Waals surface area (Å²) in [4.78, 5) is 12.0. The average molecular weight is 287 g/mol. The summed E-state index contributed by atoms with van der Waals surface area (Å²) in [6.45, 7) is 5.71. The summed E-state index contributed by atoms with van der Waals surface area (Å²) in [5, 5.41) is 5.99. The molecule has 0 aliphatic carbocycles. The minimum atomic E-state index is -0.546. The van der Waals surface area contributed by atoms with Crippen molar-refractivity contribution >= 4 is 23.2 Å². The van der Waals surface area contributed by atoms with E-state index in [1.807, 2.05) is 13.8 Å². The fourth-order valence-corrected chi connectivity index (χ4v) is 1.95. The molecule has 1 rings (SSSR count). The van der Waals surface area contributed by atoms with Gasteiger partial charge in [0.25, 0.3) is 0 Å². The zero-order valence-corrected chi connectivity index (χ0v) is 12.2. The van der Waals surface area contributed by atoms with E-state index >= 15 is 0 Å². The lowest BCUT2D eigenvalue weighted by Gasteiger charge is -2.20. The van der Waals surface area contributed by atoms with Crippen molar-refractivity contribution < 1.29 is 9.18 Å². The van der Waals surface area contributed by atoms with Crippen molar-refractivity contribution in [3.05, 3.63) is 29.0 Å². The highest BCUT2D eigenvalue weighted by Crippen LogP contribution is 2.25. The number of benzene rings is 1. The van der Waals surface area contributed by atoms with E-state index < -0.39 is 11.9 Å². The molecule has 1 aromatic carbocycles. The number of anilines is 1. The van der Waals surface area contributed by atoms with Crippen LogP contribution < -0.4 is 10.6 Å². The van der Waals surface area contributed by atoms with Crippen LogP contribution in [0, 0.1) is 5.82 Å². The van der Waals surface area contributed by atoms with Crippen molar-refractivity contribution in [2.24, 2.45) is 0 Å². The van der Waals surface area contributed by atoms with Gasteiger partial charge in [-0.05, 0) is 31.9 Å². The quantitative estimate of drug-likeness (QED) is 0.839. The normalized spacial score (nSPS) is 12.3. The topological polar surface area (TPSA) is 41.1 Å². The molecule has 106 valence electrons. The third kappa shape index (κ3) is 4.39. The van der Waals surface area contributed by atoms with Crippen LogP contribution >= 0.6 is 11.6 Å². The molecule has 5 heteroatoms. The van der Waals surface area contributed by atoms with E-state index in [9.17, 15) is 9.18 Å².